The topological polar surface area (TPSA) is 58.6 Å². The molecule has 3 amide bonds. The lowest BCUT2D eigenvalue weighted by molar-refractivity contribution is -0.134. The van der Waals surface area contributed by atoms with Crippen molar-refractivity contribution < 1.29 is 14.3 Å². The monoisotopic (exact) mass is 272 g/mol. The summed E-state index contributed by atoms with van der Waals surface area (Å²) < 4.78 is 5.26. The number of amides is 3. The van der Waals surface area contributed by atoms with E-state index in [0.29, 0.717) is 32.6 Å². The summed E-state index contributed by atoms with van der Waals surface area (Å²) in [5.41, 5.74) is -0.682. The Morgan fingerprint density at radius 2 is 1.94 bits per heavy atom. The molecule has 0 aromatic carbocycles. The highest BCUT2D eigenvalue weighted by Gasteiger charge is 2.51. The molecule has 0 unspecified atom stereocenters. The van der Waals surface area contributed by atoms with Gasteiger partial charge in [-0.3, -0.25) is 9.69 Å². The first kappa shape index (κ1) is 13.7. The zero-order valence-corrected chi connectivity index (χ0v) is 11.4. The summed E-state index contributed by atoms with van der Waals surface area (Å²) in [6.07, 6.45) is 4.05. The Labute approximate surface area is 113 Å². The van der Waals surface area contributed by atoms with Crippen molar-refractivity contribution in [3.05, 3.63) is 0 Å². The van der Waals surface area contributed by atoms with E-state index in [2.05, 4.69) is 17.9 Å². The largest absolute Gasteiger partial charge is 0.381 e. The van der Waals surface area contributed by atoms with Gasteiger partial charge in [-0.25, -0.2) is 4.79 Å². The molecule has 0 aromatic rings. The van der Waals surface area contributed by atoms with Crippen molar-refractivity contribution in [2.24, 2.45) is 0 Å². The Balaban J connectivity index is 1.92. The van der Waals surface area contributed by atoms with Gasteiger partial charge >= 0.3 is 6.03 Å². The Bertz CT molecular complexity index is 329. The van der Waals surface area contributed by atoms with E-state index < -0.39 is 5.54 Å². The molecule has 6 heteroatoms. The van der Waals surface area contributed by atoms with E-state index >= 15 is 0 Å². The molecule has 1 N–H and O–H groups in total. The molecular formula is C12H20N2O3S. The van der Waals surface area contributed by atoms with Gasteiger partial charge in [0.05, 0.1) is 0 Å². The summed E-state index contributed by atoms with van der Waals surface area (Å²) in [7, 11) is 0. The van der Waals surface area contributed by atoms with Gasteiger partial charge in [-0.05, 0) is 18.6 Å². The van der Waals surface area contributed by atoms with Crippen LogP contribution in [0, 0.1) is 0 Å². The lowest BCUT2D eigenvalue weighted by Crippen LogP contribution is -2.51. The predicted molar refractivity (Wildman–Crippen MR) is 70.7 cm³/mol. The van der Waals surface area contributed by atoms with Crippen molar-refractivity contribution >= 4 is 24.6 Å². The van der Waals surface area contributed by atoms with E-state index in [4.69, 9.17) is 4.74 Å². The van der Waals surface area contributed by atoms with Crippen LogP contribution in [0.5, 0.6) is 0 Å². The number of carbonyl (C=O) groups excluding carboxylic acids is 2. The van der Waals surface area contributed by atoms with Crippen LogP contribution in [0.1, 0.15) is 32.1 Å². The van der Waals surface area contributed by atoms with Crippen LogP contribution in [0.15, 0.2) is 0 Å². The van der Waals surface area contributed by atoms with Crippen LogP contribution in [0.3, 0.4) is 0 Å². The van der Waals surface area contributed by atoms with Gasteiger partial charge in [0.25, 0.3) is 5.91 Å². The van der Waals surface area contributed by atoms with E-state index in [-0.39, 0.29) is 11.9 Å². The van der Waals surface area contributed by atoms with Gasteiger partial charge in [-0.2, -0.15) is 12.6 Å². The number of urea groups is 1. The van der Waals surface area contributed by atoms with E-state index in [1.54, 1.807) is 0 Å². The van der Waals surface area contributed by atoms with Crippen LogP contribution in [-0.2, 0) is 9.53 Å². The predicted octanol–water partition coefficient (Wildman–Crippen LogP) is 1.19. The van der Waals surface area contributed by atoms with Gasteiger partial charge in [0.15, 0.2) is 0 Å². The molecule has 0 aromatic heterocycles. The molecule has 5 nitrogen and oxygen atoms in total. The van der Waals surface area contributed by atoms with Crippen LogP contribution in [-0.4, -0.2) is 47.9 Å². The average Bonchev–Trinajstić information content (AvgIpc) is 2.59. The number of hydrogen-bond donors (Lipinski definition) is 2. The lowest BCUT2D eigenvalue weighted by Gasteiger charge is -2.30. The van der Waals surface area contributed by atoms with E-state index in [1.807, 2.05) is 0 Å². The lowest BCUT2D eigenvalue weighted by atomic mass is 9.90. The molecule has 0 saturated carbocycles. The van der Waals surface area contributed by atoms with E-state index in [0.717, 1.165) is 25.0 Å². The minimum absolute atomic E-state index is 0.0679. The first-order chi connectivity index (χ1) is 8.69. The third-order valence-corrected chi connectivity index (χ3v) is 3.95. The molecule has 2 aliphatic rings. The zero-order chi connectivity index (χ0) is 13.0. The number of nitrogens with zero attached hydrogens (tertiary/aromatic N) is 1. The summed E-state index contributed by atoms with van der Waals surface area (Å²) in [4.78, 5) is 25.6. The second kappa shape index (κ2) is 5.93. The van der Waals surface area contributed by atoms with Crippen molar-refractivity contribution in [3.63, 3.8) is 0 Å². The molecule has 0 radical (unpaired) electrons. The Hall–Kier alpha value is -0.750. The molecular weight excluding hydrogens is 252 g/mol. The second-order valence-corrected chi connectivity index (χ2v) is 5.31. The number of thiol groups is 1. The maximum absolute atomic E-state index is 12.3. The van der Waals surface area contributed by atoms with Gasteiger partial charge in [0.1, 0.15) is 5.54 Å². The summed E-state index contributed by atoms with van der Waals surface area (Å²) in [6, 6.07) is -0.243. The standard InChI is InChI=1S/C12H20N2O3S/c15-10-12(4-7-17-8-5-12)13-11(16)14(10)6-2-1-3-9-18/h18H,1-9H2,(H,13,16). The van der Waals surface area contributed by atoms with Crippen LogP contribution in [0.4, 0.5) is 4.79 Å². The van der Waals surface area contributed by atoms with Gasteiger partial charge in [0, 0.05) is 32.6 Å². The number of nitrogens with one attached hydrogen (secondary N) is 1. The number of imide groups is 1. The van der Waals surface area contributed by atoms with Gasteiger partial charge in [-0.15, -0.1) is 0 Å². The summed E-state index contributed by atoms with van der Waals surface area (Å²) in [5.74, 6) is 0.781. The van der Waals surface area contributed by atoms with Crippen LogP contribution < -0.4 is 5.32 Å². The minimum atomic E-state index is -0.682. The third-order valence-electron chi connectivity index (χ3n) is 3.63. The van der Waals surface area contributed by atoms with Gasteiger partial charge < -0.3 is 10.1 Å². The molecule has 2 heterocycles. The van der Waals surface area contributed by atoms with Crippen LogP contribution >= 0.6 is 12.6 Å². The molecule has 102 valence electrons. The third kappa shape index (κ3) is 2.64. The zero-order valence-electron chi connectivity index (χ0n) is 10.5. The van der Waals surface area contributed by atoms with Crippen LogP contribution in [0.2, 0.25) is 0 Å². The molecule has 2 saturated heterocycles. The van der Waals surface area contributed by atoms with Gasteiger partial charge in [-0.1, -0.05) is 6.42 Å². The smallest absolute Gasteiger partial charge is 0.325 e. The second-order valence-electron chi connectivity index (χ2n) is 4.87. The van der Waals surface area contributed by atoms with E-state index in [1.165, 1.54) is 4.90 Å². The molecule has 18 heavy (non-hydrogen) atoms. The fourth-order valence-electron chi connectivity index (χ4n) is 2.50. The molecule has 2 fully saturated rings. The van der Waals surface area contributed by atoms with E-state index in [9.17, 15) is 9.59 Å². The molecule has 2 rings (SSSR count). The first-order valence-corrected chi connectivity index (χ1v) is 7.15. The maximum Gasteiger partial charge on any atom is 0.325 e. The quantitative estimate of drug-likeness (QED) is 0.449. The molecule has 0 aliphatic carbocycles. The Morgan fingerprint density at radius 3 is 2.61 bits per heavy atom. The summed E-state index contributed by atoms with van der Waals surface area (Å²) >= 11 is 4.14. The SMILES string of the molecule is O=C1NC2(CCOCC2)C(=O)N1CCCCCS. The number of unbranched alkanes of at least 4 members (excludes halogenated alkanes) is 2. The number of ether oxygens (including phenoxy) is 1. The van der Waals surface area contributed by atoms with Crippen molar-refractivity contribution in [3.8, 4) is 0 Å². The number of rotatable bonds is 5. The number of hydrogen-bond acceptors (Lipinski definition) is 4. The maximum atomic E-state index is 12.3. The van der Waals surface area contributed by atoms with Crippen molar-refractivity contribution in [2.45, 2.75) is 37.6 Å². The van der Waals surface area contributed by atoms with Crippen molar-refractivity contribution in [2.75, 3.05) is 25.5 Å². The first-order valence-electron chi connectivity index (χ1n) is 6.52. The summed E-state index contributed by atoms with van der Waals surface area (Å²) in [5, 5.41) is 2.85. The van der Waals surface area contributed by atoms with Crippen LogP contribution in [0.25, 0.3) is 0 Å². The molecule has 0 atom stereocenters. The summed E-state index contributed by atoms with van der Waals surface area (Å²) in [6.45, 7) is 1.60. The molecule has 0 bridgehead atoms. The Morgan fingerprint density at radius 1 is 1.22 bits per heavy atom. The number of carbonyl (C=O) groups is 2. The fraction of sp³-hybridized carbons (Fsp3) is 0.833. The van der Waals surface area contributed by atoms with Crippen molar-refractivity contribution in [1.29, 1.82) is 0 Å². The molecule has 1 spiro atoms. The molecule has 2 aliphatic heterocycles. The fourth-order valence-corrected chi connectivity index (χ4v) is 2.72. The van der Waals surface area contributed by atoms with Crippen molar-refractivity contribution in [1.82, 2.24) is 10.2 Å². The highest BCUT2D eigenvalue weighted by atomic mass is 32.1. The highest BCUT2D eigenvalue weighted by molar-refractivity contribution is 7.80. The highest BCUT2D eigenvalue weighted by Crippen LogP contribution is 2.28. The van der Waals surface area contributed by atoms with Gasteiger partial charge in [0.2, 0.25) is 0 Å². The minimum Gasteiger partial charge on any atom is -0.381 e. The average molecular weight is 272 g/mol. The normalized spacial score (nSPS) is 22.6. The Kier molecular flexibility index (Phi) is 4.50.